The number of nitrogens with two attached hydrogens (primary N) is 1. The molecule has 106 valence electrons. The highest BCUT2D eigenvalue weighted by molar-refractivity contribution is 5.16. The number of β-amino-alcohol motifs (C(OH)–C–C–N with tert-alkyl or cyclic N) is 1. The molecule has 1 aliphatic heterocycles. The molecule has 0 bridgehead atoms. The summed E-state index contributed by atoms with van der Waals surface area (Å²) >= 11 is 0. The quantitative estimate of drug-likeness (QED) is 0.786. The molecule has 2 heterocycles. The molecule has 1 saturated heterocycles. The van der Waals surface area contributed by atoms with Crippen molar-refractivity contribution in [3.63, 3.8) is 0 Å². The van der Waals surface area contributed by atoms with E-state index in [1.54, 1.807) is 0 Å². The Hall–Kier alpha value is -1.01. The number of nitrogens with zero attached hydrogens (tertiary/aromatic N) is 3. The van der Waals surface area contributed by atoms with Crippen LogP contribution >= 0.6 is 0 Å². The second-order valence-corrected chi connectivity index (χ2v) is 5.05. The smallest absolute Gasteiger partial charge is 0.0558 e. The molecule has 5 nitrogen and oxygen atoms in total. The lowest BCUT2D eigenvalue weighted by Crippen LogP contribution is -2.32. The van der Waals surface area contributed by atoms with Crippen LogP contribution in [0.2, 0.25) is 0 Å². The molecule has 1 fully saturated rings. The van der Waals surface area contributed by atoms with Gasteiger partial charge in [-0.05, 0) is 37.2 Å². The fourth-order valence-corrected chi connectivity index (χ4v) is 2.54. The summed E-state index contributed by atoms with van der Waals surface area (Å²) < 4.78 is 0. The van der Waals surface area contributed by atoms with Gasteiger partial charge in [0.2, 0.25) is 0 Å². The van der Waals surface area contributed by atoms with Crippen LogP contribution in [-0.2, 0) is 13.1 Å². The van der Waals surface area contributed by atoms with E-state index in [-0.39, 0.29) is 6.61 Å². The van der Waals surface area contributed by atoms with Crippen LogP contribution in [0.3, 0.4) is 0 Å². The van der Waals surface area contributed by atoms with E-state index in [0.29, 0.717) is 6.54 Å². The third-order valence-electron chi connectivity index (χ3n) is 3.59. The third kappa shape index (κ3) is 4.54. The number of pyridine rings is 1. The lowest BCUT2D eigenvalue weighted by molar-refractivity contribution is 0.196. The van der Waals surface area contributed by atoms with Gasteiger partial charge in [0, 0.05) is 38.9 Å². The average Bonchev–Trinajstić information content (AvgIpc) is 2.65. The summed E-state index contributed by atoms with van der Waals surface area (Å²) in [5.74, 6) is 0. The van der Waals surface area contributed by atoms with Gasteiger partial charge >= 0.3 is 0 Å². The van der Waals surface area contributed by atoms with Crippen molar-refractivity contribution in [1.82, 2.24) is 14.8 Å². The normalized spacial score (nSPS) is 18.4. The van der Waals surface area contributed by atoms with Gasteiger partial charge in [0.25, 0.3) is 0 Å². The molecule has 0 aromatic carbocycles. The first kappa shape index (κ1) is 14.4. The minimum atomic E-state index is 0.254. The summed E-state index contributed by atoms with van der Waals surface area (Å²) in [4.78, 5) is 9.02. The Bertz CT molecular complexity index is 385. The second-order valence-electron chi connectivity index (χ2n) is 5.05. The molecule has 0 atom stereocenters. The van der Waals surface area contributed by atoms with Crippen LogP contribution in [0.25, 0.3) is 0 Å². The molecule has 0 spiro atoms. The minimum Gasteiger partial charge on any atom is -0.395 e. The lowest BCUT2D eigenvalue weighted by Gasteiger charge is -2.21. The molecule has 5 heteroatoms. The first-order chi connectivity index (χ1) is 9.31. The standard InChI is InChI=1S/C14H24N4O/c15-11-14-10-13(2-3-16-14)12-18-5-1-4-17(6-7-18)8-9-19/h2-3,10,19H,1,4-9,11-12,15H2. The van der Waals surface area contributed by atoms with E-state index < -0.39 is 0 Å². The predicted molar refractivity (Wildman–Crippen MR) is 75.5 cm³/mol. The number of aliphatic hydroxyl groups excluding tert-OH is 1. The van der Waals surface area contributed by atoms with Crippen molar-refractivity contribution in [3.8, 4) is 0 Å². The molecule has 3 N–H and O–H groups in total. The predicted octanol–water partition coefficient (Wildman–Crippen LogP) is 0.0403. The molecule has 2 rings (SSSR count). The summed E-state index contributed by atoms with van der Waals surface area (Å²) in [6.07, 6.45) is 3.00. The zero-order valence-electron chi connectivity index (χ0n) is 11.5. The van der Waals surface area contributed by atoms with Crippen LogP contribution in [-0.4, -0.2) is 59.2 Å². The van der Waals surface area contributed by atoms with Gasteiger partial charge in [-0.2, -0.15) is 0 Å². The minimum absolute atomic E-state index is 0.254. The van der Waals surface area contributed by atoms with Crippen molar-refractivity contribution in [1.29, 1.82) is 0 Å². The summed E-state index contributed by atoms with van der Waals surface area (Å²) in [5, 5.41) is 9.00. The zero-order valence-corrected chi connectivity index (χ0v) is 11.5. The van der Waals surface area contributed by atoms with Gasteiger partial charge in [-0.3, -0.25) is 14.8 Å². The fraction of sp³-hybridized carbons (Fsp3) is 0.643. The molecular formula is C14H24N4O. The van der Waals surface area contributed by atoms with Gasteiger partial charge in [0.05, 0.1) is 12.3 Å². The molecule has 0 amide bonds. The molecule has 1 aromatic rings. The Labute approximate surface area is 115 Å². The number of rotatable bonds is 5. The molecule has 0 unspecified atom stereocenters. The van der Waals surface area contributed by atoms with Crippen LogP contribution in [0.15, 0.2) is 18.3 Å². The summed E-state index contributed by atoms with van der Waals surface area (Å²) in [6, 6.07) is 4.16. The highest BCUT2D eigenvalue weighted by Crippen LogP contribution is 2.09. The maximum absolute atomic E-state index is 9.00. The maximum atomic E-state index is 9.00. The molecule has 0 saturated carbocycles. The van der Waals surface area contributed by atoms with Crippen molar-refractivity contribution in [2.45, 2.75) is 19.5 Å². The van der Waals surface area contributed by atoms with Gasteiger partial charge < -0.3 is 10.8 Å². The largest absolute Gasteiger partial charge is 0.395 e. The van der Waals surface area contributed by atoms with Gasteiger partial charge in [-0.25, -0.2) is 0 Å². The summed E-state index contributed by atoms with van der Waals surface area (Å²) in [7, 11) is 0. The first-order valence-corrected chi connectivity index (χ1v) is 7.01. The van der Waals surface area contributed by atoms with Crippen molar-refractivity contribution < 1.29 is 5.11 Å². The van der Waals surface area contributed by atoms with E-state index >= 15 is 0 Å². The van der Waals surface area contributed by atoms with Crippen LogP contribution in [0.4, 0.5) is 0 Å². The summed E-state index contributed by atoms with van der Waals surface area (Å²) in [5.41, 5.74) is 7.86. The maximum Gasteiger partial charge on any atom is 0.0558 e. The van der Waals surface area contributed by atoms with Crippen LogP contribution < -0.4 is 5.73 Å². The highest BCUT2D eigenvalue weighted by Gasteiger charge is 2.14. The summed E-state index contributed by atoms with van der Waals surface area (Å²) in [6.45, 7) is 6.80. The molecule has 0 aliphatic carbocycles. The second kappa shape index (κ2) is 7.55. The number of hydrogen-bond donors (Lipinski definition) is 2. The Morgan fingerprint density at radius 2 is 2.00 bits per heavy atom. The molecule has 19 heavy (non-hydrogen) atoms. The lowest BCUT2D eigenvalue weighted by atomic mass is 10.2. The van der Waals surface area contributed by atoms with Crippen molar-refractivity contribution in [2.75, 3.05) is 39.3 Å². The Morgan fingerprint density at radius 1 is 1.21 bits per heavy atom. The van der Waals surface area contributed by atoms with Crippen molar-refractivity contribution in [3.05, 3.63) is 29.6 Å². The Morgan fingerprint density at radius 3 is 2.79 bits per heavy atom. The van der Waals surface area contributed by atoms with Gasteiger partial charge in [-0.1, -0.05) is 0 Å². The van der Waals surface area contributed by atoms with Crippen LogP contribution in [0.5, 0.6) is 0 Å². The van der Waals surface area contributed by atoms with Crippen LogP contribution in [0.1, 0.15) is 17.7 Å². The SMILES string of the molecule is NCc1cc(CN2CCCN(CCO)CC2)ccn1. The van der Waals surface area contributed by atoms with Crippen LogP contribution in [0, 0.1) is 0 Å². The van der Waals surface area contributed by atoms with Gasteiger partial charge in [0.1, 0.15) is 0 Å². The zero-order chi connectivity index (χ0) is 13.5. The van der Waals surface area contributed by atoms with E-state index in [1.165, 1.54) is 5.56 Å². The molecular weight excluding hydrogens is 240 g/mol. The third-order valence-corrected chi connectivity index (χ3v) is 3.59. The van der Waals surface area contributed by atoms with Crippen molar-refractivity contribution in [2.24, 2.45) is 5.73 Å². The van der Waals surface area contributed by atoms with E-state index in [2.05, 4.69) is 26.9 Å². The highest BCUT2D eigenvalue weighted by atomic mass is 16.3. The van der Waals surface area contributed by atoms with E-state index in [0.717, 1.165) is 51.4 Å². The first-order valence-electron chi connectivity index (χ1n) is 7.01. The topological polar surface area (TPSA) is 65.6 Å². The molecule has 1 aromatic heterocycles. The van der Waals surface area contributed by atoms with E-state index in [1.807, 2.05) is 6.20 Å². The number of aromatic nitrogens is 1. The fourth-order valence-electron chi connectivity index (χ4n) is 2.54. The molecule has 1 aliphatic rings. The van der Waals surface area contributed by atoms with E-state index in [9.17, 15) is 0 Å². The molecule has 0 radical (unpaired) electrons. The Kier molecular flexibility index (Phi) is 5.72. The number of hydrogen-bond acceptors (Lipinski definition) is 5. The Balaban J connectivity index is 1.88. The van der Waals surface area contributed by atoms with E-state index in [4.69, 9.17) is 10.8 Å². The average molecular weight is 264 g/mol. The number of aliphatic hydroxyl groups is 1. The monoisotopic (exact) mass is 264 g/mol. The van der Waals surface area contributed by atoms with Gasteiger partial charge in [-0.15, -0.1) is 0 Å². The van der Waals surface area contributed by atoms with Crippen molar-refractivity contribution >= 4 is 0 Å². The van der Waals surface area contributed by atoms with Gasteiger partial charge in [0.15, 0.2) is 0 Å².